The Labute approximate surface area is 108 Å². The van der Waals surface area contributed by atoms with Gasteiger partial charge in [0, 0.05) is 11.3 Å². The molecule has 5 heteroatoms. The van der Waals surface area contributed by atoms with Crippen molar-refractivity contribution in [3.8, 4) is 11.1 Å². The lowest BCUT2D eigenvalue weighted by molar-refractivity contribution is 0.628. The summed E-state index contributed by atoms with van der Waals surface area (Å²) in [4.78, 5) is 4.42. The molecule has 1 aromatic carbocycles. The number of rotatable bonds is 1. The second-order valence-corrected chi connectivity index (χ2v) is 4.41. The van der Waals surface area contributed by atoms with Crippen molar-refractivity contribution in [2.75, 3.05) is 0 Å². The van der Waals surface area contributed by atoms with E-state index in [4.69, 9.17) is 11.6 Å². The largest absolute Gasteiger partial charge is 0.233 e. The van der Waals surface area contributed by atoms with Crippen LogP contribution in [-0.2, 0) is 0 Å². The van der Waals surface area contributed by atoms with Crippen LogP contribution in [0.15, 0.2) is 36.5 Å². The smallest absolute Gasteiger partial charge is 0.164 e. The molecule has 0 aliphatic rings. The van der Waals surface area contributed by atoms with Crippen LogP contribution in [0.4, 0.5) is 4.39 Å². The number of hydrogen-bond acceptors (Lipinski definition) is 2. The Morgan fingerprint density at radius 1 is 1.22 bits per heavy atom. The molecule has 0 aliphatic heterocycles. The first-order chi connectivity index (χ1) is 8.65. The van der Waals surface area contributed by atoms with Crippen molar-refractivity contribution in [3.63, 3.8) is 0 Å². The highest BCUT2D eigenvalue weighted by Gasteiger charge is 2.10. The van der Waals surface area contributed by atoms with Crippen molar-refractivity contribution in [1.29, 1.82) is 0 Å². The van der Waals surface area contributed by atoms with Crippen molar-refractivity contribution in [3.05, 3.63) is 53.2 Å². The molecule has 0 fully saturated rings. The second kappa shape index (κ2) is 4.07. The van der Waals surface area contributed by atoms with Crippen LogP contribution in [0.2, 0.25) is 5.15 Å². The van der Waals surface area contributed by atoms with Gasteiger partial charge in [0.15, 0.2) is 5.65 Å². The van der Waals surface area contributed by atoms with E-state index in [0.29, 0.717) is 10.8 Å². The van der Waals surface area contributed by atoms with Gasteiger partial charge in [-0.1, -0.05) is 23.7 Å². The van der Waals surface area contributed by atoms with E-state index in [9.17, 15) is 4.39 Å². The summed E-state index contributed by atoms with van der Waals surface area (Å²) in [5.74, 6) is -0.266. The lowest BCUT2D eigenvalue weighted by Gasteiger charge is -2.01. The fourth-order valence-corrected chi connectivity index (χ4v) is 2.15. The summed E-state index contributed by atoms with van der Waals surface area (Å²) in [6, 6.07) is 7.97. The van der Waals surface area contributed by atoms with Crippen LogP contribution >= 0.6 is 11.6 Å². The maximum absolute atomic E-state index is 12.9. The monoisotopic (exact) mass is 261 g/mol. The zero-order valence-electron chi connectivity index (χ0n) is 9.56. The van der Waals surface area contributed by atoms with Gasteiger partial charge in [0.05, 0.1) is 6.20 Å². The van der Waals surface area contributed by atoms with E-state index in [1.807, 2.05) is 6.92 Å². The molecule has 2 aromatic heterocycles. The second-order valence-electron chi connectivity index (χ2n) is 4.02. The van der Waals surface area contributed by atoms with Gasteiger partial charge in [-0.2, -0.15) is 5.10 Å². The van der Waals surface area contributed by atoms with Crippen LogP contribution in [0.5, 0.6) is 0 Å². The summed E-state index contributed by atoms with van der Waals surface area (Å²) in [6.07, 6.45) is 1.68. The number of nitrogens with zero attached hydrogens (tertiary/aromatic N) is 3. The van der Waals surface area contributed by atoms with Gasteiger partial charge in [-0.3, -0.25) is 0 Å². The molecule has 3 aromatic rings. The van der Waals surface area contributed by atoms with E-state index in [1.54, 1.807) is 28.9 Å². The molecule has 3 rings (SSSR count). The van der Waals surface area contributed by atoms with E-state index in [-0.39, 0.29) is 5.82 Å². The Morgan fingerprint density at radius 3 is 2.67 bits per heavy atom. The summed E-state index contributed by atoms with van der Waals surface area (Å²) in [5.41, 5.74) is 3.18. The van der Waals surface area contributed by atoms with Gasteiger partial charge in [0.1, 0.15) is 11.0 Å². The molecule has 0 N–H and O–H groups in total. The zero-order valence-corrected chi connectivity index (χ0v) is 10.3. The van der Waals surface area contributed by atoms with Crippen LogP contribution < -0.4 is 0 Å². The van der Waals surface area contributed by atoms with Crippen molar-refractivity contribution in [1.82, 2.24) is 14.6 Å². The highest BCUT2D eigenvalue weighted by Crippen LogP contribution is 2.25. The fraction of sp³-hybridized carbons (Fsp3) is 0.0769. The molecule has 0 saturated carbocycles. The van der Waals surface area contributed by atoms with Crippen molar-refractivity contribution >= 4 is 17.2 Å². The van der Waals surface area contributed by atoms with Crippen molar-refractivity contribution in [2.24, 2.45) is 0 Å². The van der Waals surface area contributed by atoms with E-state index in [0.717, 1.165) is 16.8 Å². The first-order valence-electron chi connectivity index (χ1n) is 5.42. The number of fused-ring (bicyclic) bond motifs is 1. The predicted octanol–water partition coefficient (Wildman–Crippen LogP) is 3.50. The van der Waals surface area contributed by atoms with Crippen LogP contribution in [0.1, 0.15) is 5.69 Å². The third-order valence-corrected chi connectivity index (χ3v) is 2.98. The average molecular weight is 262 g/mol. The topological polar surface area (TPSA) is 30.2 Å². The zero-order chi connectivity index (χ0) is 12.7. The highest BCUT2D eigenvalue weighted by atomic mass is 35.5. The Hall–Kier alpha value is -1.94. The molecule has 2 heterocycles. The fourth-order valence-electron chi connectivity index (χ4n) is 1.87. The van der Waals surface area contributed by atoms with E-state index < -0.39 is 0 Å². The Bertz CT molecular complexity index is 719. The Balaban J connectivity index is 2.27. The molecule has 0 amide bonds. The standard InChI is InChI=1S/C13H9ClFN3/c1-8-6-12(14)18-13(17-8)11(7-16-18)9-2-4-10(15)5-3-9/h2-7H,1H3. The molecule has 0 bridgehead atoms. The van der Waals surface area contributed by atoms with Crippen LogP contribution in [0.3, 0.4) is 0 Å². The minimum atomic E-state index is -0.266. The molecule has 0 spiro atoms. The summed E-state index contributed by atoms with van der Waals surface area (Å²) in [7, 11) is 0. The maximum atomic E-state index is 12.9. The predicted molar refractivity (Wildman–Crippen MR) is 68.1 cm³/mol. The third kappa shape index (κ3) is 1.75. The third-order valence-electron chi connectivity index (χ3n) is 2.71. The quantitative estimate of drug-likeness (QED) is 0.628. The van der Waals surface area contributed by atoms with Gasteiger partial charge >= 0.3 is 0 Å². The van der Waals surface area contributed by atoms with E-state index >= 15 is 0 Å². The number of halogens is 2. The molecule has 0 aliphatic carbocycles. The van der Waals surface area contributed by atoms with Gasteiger partial charge in [-0.25, -0.2) is 13.9 Å². The number of benzene rings is 1. The minimum Gasteiger partial charge on any atom is -0.233 e. The van der Waals surface area contributed by atoms with Gasteiger partial charge in [0.25, 0.3) is 0 Å². The summed E-state index contributed by atoms with van der Waals surface area (Å²) < 4.78 is 14.5. The molecule has 18 heavy (non-hydrogen) atoms. The van der Waals surface area contributed by atoms with Gasteiger partial charge in [-0.15, -0.1) is 0 Å². The molecule has 0 saturated heterocycles. The lowest BCUT2D eigenvalue weighted by Crippen LogP contribution is -1.94. The average Bonchev–Trinajstić information content (AvgIpc) is 2.74. The Kier molecular flexibility index (Phi) is 2.52. The molecule has 0 unspecified atom stereocenters. The SMILES string of the molecule is Cc1cc(Cl)n2ncc(-c3ccc(F)cc3)c2n1. The summed E-state index contributed by atoms with van der Waals surface area (Å²) in [5, 5.41) is 4.69. The van der Waals surface area contributed by atoms with Gasteiger partial charge < -0.3 is 0 Å². The Morgan fingerprint density at radius 2 is 1.94 bits per heavy atom. The molecule has 3 nitrogen and oxygen atoms in total. The molecule has 90 valence electrons. The van der Waals surface area contributed by atoms with Crippen molar-refractivity contribution in [2.45, 2.75) is 6.92 Å². The van der Waals surface area contributed by atoms with Gasteiger partial charge in [-0.05, 0) is 30.7 Å². The lowest BCUT2D eigenvalue weighted by atomic mass is 10.1. The van der Waals surface area contributed by atoms with Crippen LogP contribution in [0, 0.1) is 12.7 Å². The summed E-state index contributed by atoms with van der Waals surface area (Å²) >= 11 is 6.09. The number of aromatic nitrogens is 3. The number of hydrogen-bond donors (Lipinski definition) is 0. The summed E-state index contributed by atoms with van der Waals surface area (Å²) in [6.45, 7) is 1.87. The normalized spacial score (nSPS) is 11.1. The first kappa shape index (κ1) is 11.2. The molecule has 0 atom stereocenters. The van der Waals surface area contributed by atoms with E-state index in [1.165, 1.54) is 12.1 Å². The number of aryl methyl sites for hydroxylation is 1. The molecule has 0 radical (unpaired) electrons. The van der Waals surface area contributed by atoms with E-state index in [2.05, 4.69) is 10.1 Å². The molecular weight excluding hydrogens is 253 g/mol. The minimum absolute atomic E-state index is 0.266. The molecular formula is C13H9ClFN3. The van der Waals surface area contributed by atoms with Crippen LogP contribution in [-0.4, -0.2) is 14.6 Å². The maximum Gasteiger partial charge on any atom is 0.164 e. The van der Waals surface area contributed by atoms with Crippen molar-refractivity contribution < 1.29 is 4.39 Å². The van der Waals surface area contributed by atoms with Crippen LogP contribution in [0.25, 0.3) is 16.8 Å². The highest BCUT2D eigenvalue weighted by molar-refractivity contribution is 6.29. The first-order valence-corrected chi connectivity index (χ1v) is 5.80. The van der Waals surface area contributed by atoms with Gasteiger partial charge in [0.2, 0.25) is 0 Å².